The third-order valence-electron chi connectivity index (χ3n) is 1.53. The van der Waals surface area contributed by atoms with Gasteiger partial charge in [-0.2, -0.15) is 0 Å². The van der Waals surface area contributed by atoms with Crippen molar-refractivity contribution in [2.45, 2.75) is 18.2 Å². The van der Waals surface area contributed by atoms with Crippen molar-refractivity contribution in [3.63, 3.8) is 0 Å². The molecule has 0 saturated carbocycles. The van der Waals surface area contributed by atoms with Crippen LogP contribution in [0.25, 0.3) is 0 Å². The van der Waals surface area contributed by atoms with Crippen LogP contribution in [0.2, 0.25) is 0 Å². The number of aryl methyl sites for hydroxylation is 1. The van der Waals surface area contributed by atoms with Gasteiger partial charge >= 0.3 is 29.6 Å². The van der Waals surface area contributed by atoms with Crippen molar-refractivity contribution in [1.82, 2.24) is 0 Å². The molecular formula is C8H9NaO2S. The van der Waals surface area contributed by atoms with E-state index < -0.39 is 11.1 Å². The molecule has 12 heavy (non-hydrogen) atoms. The Morgan fingerprint density at radius 1 is 1.42 bits per heavy atom. The van der Waals surface area contributed by atoms with Crippen molar-refractivity contribution < 1.29 is 38.3 Å². The molecule has 1 atom stereocenters. The molecule has 0 aliphatic heterocycles. The van der Waals surface area contributed by atoms with Crippen LogP contribution >= 0.6 is 0 Å². The van der Waals surface area contributed by atoms with E-state index in [9.17, 15) is 8.76 Å². The van der Waals surface area contributed by atoms with E-state index >= 15 is 0 Å². The average molecular weight is 192 g/mol. The van der Waals surface area contributed by atoms with Crippen LogP contribution in [0, 0.1) is 0 Å². The van der Waals surface area contributed by atoms with Crippen LogP contribution < -0.4 is 29.6 Å². The van der Waals surface area contributed by atoms with Crippen molar-refractivity contribution in [3.05, 3.63) is 29.8 Å². The summed E-state index contributed by atoms with van der Waals surface area (Å²) in [6.45, 7) is 1.94. The second-order valence-electron chi connectivity index (χ2n) is 2.20. The van der Waals surface area contributed by atoms with E-state index in [4.69, 9.17) is 0 Å². The fourth-order valence-corrected chi connectivity index (χ4v) is 1.57. The van der Waals surface area contributed by atoms with Crippen molar-refractivity contribution in [1.29, 1.82) is 0 Å². The van der Waals surface area contributed by atoms with Crippen LogP contribution in [-0.4, -0.2) is 8.76 Å². The first-order valence-corrected chi connectivity index (χ1v) is 4.50. The molecule has 0 heterocycles. The quantitative estimate of drug-likeness (QED) is 0.422. The van der Waals surface area contributed by atoms with Gasteiger partial charge in [0, 0.05) is 4.90 Å². The van der Waals surface area contributed by atoms with Crippen molar-refractivity contribution in [3.8, 4) is 0 Å². The predicted octanol–water partition coefficient (Wildman–Crippen LogP) is -1.51. The molecule has 2 nitrogen and oxygen atoms in total. The summed E-state index contributed by atoms with van der Waals surface area (Å²) in [4.78, 5) is 0.412. The average Bonchev–Trinajstić information content (AvgIpc) is 2.04. The SMILES string of the molecule is CCc1ccccc1S(=O)[O-].[Na+]. The maximum Gasteiger partial charge on any atom is 1.00 e. The Morgan fingerprint density at radius 2 is 2.00 bits per heavy atom. The molecule has 0 radical (unpaired) electrons. The summed E-state index contributed by atoms with van der Waals surface area (Å²) >= 11 is -2.09. The molecule has 1 aromatic rings. The maximum atomic E-state index is 10.6. The Balaban J connectivity index is 0.00000121. The van der Waals surface area contributed by atoms with Crippen LogP contribution in [0.3, 0.4) is 0 Å². The minimum atomic E-state index is -2.09. The summed E-state index contributed by atoms with van der Waals surface area (Å²) in [7, 11) is 0. The molecule has 0 spiro atoms. The minimum absolute atomic E-state index is 0. The molecule has 0 fully saturated rings. The second-order valence-corrected chi connectivity index (χ2v) is 3.11. The van der Waals surface area contributed by atoms with Gasteiger partial charge in [0.15, 0.2) is 0 Å². The second kappa shape index (κ2) is 5.89. The maximum absolute atomic E-state index is 10.6. The van der Waals surface area contributed by atoms with Crippen LogP contribution in [-0.2, 0) is 17.5 Å². The van der Waals surface area contributed by atoms with Gasteiger partial charge in [-0.15, -0.1) is 0 Å². The smallest absolute Gasteiger partial charge is 0.768 e. The standard InChI is InChI=1S/C8H10O2S.Na/c1-2-7-5-3-4-6-8(7)11(9)10;/h3-6H,2H2,1H3,(H,9,10);/q;+1/p-1. The summed E-state index contributed by atoms with van der Waals surface area (Å²) in [5, 5.41) is 0. The van der Waals surface area contributed by atoms with E-state index in [0.717, 1.165) is 12.0 Å². The van der Waals surface area contributed by atoms with Gasteiger partial charge in [-0.25, -0.2) is 0 Å². The van der Waals surface area contributed by atoms with E-state index in [1.165, 1.54) is 0 Å². The zero-order valence-electron chi connectivity index (χ0n) is 7.24. The largest absolute Gasteiger partial charge is 1.00 e. The number of benzene rings is 1. The van der Waals surface area contributed by atoms with E-state index in [1.807, 2.05) is 19.1 Å². The summed E-state index contributed by atoms with van der Waals surface area (Å²) in [6, 6.07) is 7.01. The minimum Gasteiger partial charge on any atom is -0.768 e. The van der Waals surface area contributed by atoms with Gasteiger partial charge in [0.1, 0.15) is 0 Å². The third kappa shape index (κ3) is 2.99. The Labute approximate surface area is 97.0 Å². The van der Waals surface area contributed by atoms with E-state index in [1.54, 1.807) is 12.1 Å². The first-order chi connectivity index (χ1) is 5.25. The molecule has 0 amide bonds. The van der Waals surface area contributed by atoms with Crippen LogP contribution in [0.15, 0.2) is 29.2 Å². The van der Waals surface area contributed by atoms with Crippen molar-refractivity contribution in [2.24, 2.45) is 0 Å². The summed E-state index contributed by atoms with van der Waals surface area (Å²) in [5.41, 5.74) is 0.876. The van der Waals surface area contributed by atoms with Crippen LogP contribution in [0.4, 0.5) is 0 Å². The van der Waals surface area contributed by atoms with Crippen molar-refractivity contribution in [2.75, 3.05) is 0 Å². The third-order valence-corrected chi connectivity index (χ3v) is 2.29. The van der Waals surface area contributed by atoms with Gasteiger partial charge in [0.05, 0.1) is 0 Å². The van der Waals surface area contributed by atoms with E-state index in [0.29, 0.717) is 4.90 Å². The molecule has 0 N–H and O–H groups in total. The zero-order chi connectivity index (χ0) is 8.27. The molecule has 0 aliphatic carbocycles. The fourth-order valence-electron chi connectivity index (χ4n) is 0.959. The van der Waals surface area contributed by atoms with E-state index in [2.05, 4.69) is 0 Å². The zero-order valence-corrected chi connectivity index (χ0v) is 10.1. The number of hydrogen-bond acceptors (Lipinski definition) is 2. The number of rotatable bonds is 2. The van der Waals surface area contributed by atoms with Gasteiger partial charge in [-0.3, -0.25) is 4.21 Å². The summed E-state index contributed by atoms with van der Waals surface area (Å²) < 4.78 is 21.2. The van der Waals surface area contributed by atoms with Crippen molar-refractivity contribution >= 4 is 11.1 Å². The first kappa shape index (κ1) is 12.3. The van der Waals surface area contributed by atoms with Crippen LogP contribution in [0.5, 0.6) is 0 Å². The summed E-state index contributed by atoms with van der Waals surface area (Å²) in [5.74, 6) is 0. The van der Waals surface area contributed by atoms with Gasteiger partial charge in [-0.1, -0.05) is 25.1 Å². The molecule has 0 bridgehead atoms. The molecule has 4 heteroatoms. The molecular weight excluding hydrogens is 183 g/mol. The Morgan fingerprint density at radius 3 is 2.42 bits per heavy atom. The Kier molecular flexibility index (Phi) is 6.05. The Hall–Kier alpha value is 0.330. The Bertz CT molecular complexity index is 276. The predicted molar refractivity (Wildman–Crippen MR) is 43.0 cm³/mol. The van der Waals surface area contributed by atoms with Crippen LogP contribution in [0.1, 0.15) is 12.5 Å². The first-order valence-electron chi connectivity index (χ1n) is 3.43. The topological polar surface area (TPSA) is 40.1 Å². The fraction of sp³-hybridized carbons (Fsp3) is 0.250. The normalized spacial score (nSPS) is 11.8. The molecule has 0 aromatic heterocycles. The molecule has 0 saturated heterocycles. The van der Waals surface area contributed by atoms with Gasteiger partial charge in [0.2, 0.25) is 0 Å². The molecule has 0 aliphatic rings. The van der Waals surface area contributed by atoms with Gasteiger partial charge in [0.25, 0.3) is 0 Å². The van der Waals surface area contributed by atoms with Gasteiger partial charge in [-0.05, 0) is 29.1 Å². The molecule has 1 unspecified atom stereocenters. The monoisotopic (exact) mass is 192 g/mol. The number of hydrogen-bond donors (Lipinski definition) is 0. The van der Waals surface area contributed by atoms with Gasteiger partial charge < -0.3 is 4.55 Å². The summed E-state index contributed by atoms with van der Waals surface area (Å²) in [6.07, 6.45) is 0.754. The molecule has 1 rings (SSSR count). The molecule has 1 aromatic carbocycles. The van der Waals surface area contributed by atoms with E-state index in [-0.39, 0.29) is 29.6 Å². The molecule has 60 valence electrons.